The Bertz CT molecular complexity index is 461. The number of nitrogens with zero attached hydrogens (tertiary/aromatic N) is 1. The van der Waals surface area contributed by atoms with Gasteiger partial charge in [-0.3, -0.25) is 0 Å². The molecular weight excluding hydrogens is 253 g/mol. The van der Waals surface area contributed by atoms with Gasteiger partial charge in [-0.05, 0) is 38.3 Å². The summed E-state index contributed by atoms with van der Waals surface area (Å²) in [5.41, 5.74) is 2.09. The van der Waals surface area contributed by atoms with Crippen LogP contribution < -0.4 is 5.32 Å². The van der Waals surface area contributed by atoms with Gasteiger partial charge in [0.15, 0.2) is 0 Å². The van der Waals surface area contributed by atoms with Crippen molar-refractivity contribution in [1.82, 2.24) is 0 Å². The van der Waals surface area contributed by atoms with Gasteiger partial charge in [0.2, 0.25) is 0 Å². The molecule has 0 aliphatic carbocycles. The van der Waals surface area contributed by atoms with E-state index in [4.69, 9.17) is 5.26 Å². The number of hydrogen-bond donors (Lipinski definition) is 1. The molecule has 1 N–H and O–H groups in total. The molecule has 1 unspecified atom stereocenters. The normalized spacial score (nSPS) is 12.8. The molecule has 0 heterocycles. The number of nitriles is 1. The van der Waals surface area contributed by atoms with Crippen molar-refractivity contribution in [2.24, 2.45) is 0 Å². The molecule has 0 spiro atoms. The van der Waals surface area contributed by atoms with Gasteiger partial charge in [-0.25, -0.2) is 0 Å². The van der Waals surface area contributed by atoms with E-state index >= 15 is 0 Å². The number of nitrogens with one attached hydrogen (secondary N) is 1. The second kappa shape index (κ2) is 6.46. The Balaban J connectivity index is 2.56. The molecule has 1 rings (SSSR count). The van der Waals surface area contributed by atoms with Gasteiger partial charge in [-0.2, -0.15) is 18.4 Å². The summed E-state index contributed by atoms with van der Waals surface area (Å²) in [6.07, 6.45) is -4.36. The molecule has 5 heteroatoms. The van der Waals surface area contributed by atoms with Crippen LogP contribution in [0.25, 0.3) is 0 Å². The molecule has 0 aliphatic rings. The minimum absolute atomic E-state index is 0.0887. The van der Waals surface area contributed by atoms with Crippen LogP contribution in [0.4, 0.5) is 18.9 Å². The molecule has 0 radical (unpaired) electrons. The lowest BCUT2D eigenvalue weighted by molar-refractivity contribution is -0.135. The number of aryl methyl sites for hydroxylation is 1. The fourth-order valence-corrected chi connectivity index (χ4v) is 1.88. The van der Waals surface area contributed by atoms with Gasteiger partial charge in [-0.15, -0.1) is 0 Å². The third-order valence-corrected chi connectivity index (χ3v) is 2.88. The molecule has 0 saturated heterocycles. The summed E-state index contributed by atoms with van der Waals surface area (Å²) in [7, 11) is 0. The van der Waals surface area contributed by atoms with Crippen LogP contribution in [0.3, 0.4) is 0 Å². The molecule has 0 saturated carbocycles. The zero-order valence-electron chi connectivity index (χ0n) is 11.0. The summed E-state index contributed by atoms with van der Waals surface area (Å²) < 4.78 is 36.1. The molecule has 1 aromatic rings. The second-order valence-corrected chi connectivity index (χ2v) is 4.66. The highest BCUT2D eigenvalue weighted by atomic mass is 19.4. The van der Waals surface area contributed by atoms with E-state index in [2.05, 4.69) is 11.4 Å². The Morgan fingerprint density at radius 1 is 1.37 bits per heavy atom. The average molecular weight is 270 g/mol. The number of benzene rings is 1. The maximum absolute atomic E-state index is 12.0. The van der Waals surface area contributed by atoms with Crippen LogP contribution in [-0.2, 0) is 0 Å². The number of alkyl halides is 3. The van der Waals surface area contributed by atoms with Crippen LogP contribution in [0.15, 0.2) is 18.2 Å². The third-order valence-electron chi connectivity index (χ3n) is 2.88. The smallest absolute Gasteiger partial charge is 0.382 e. The van der Waals surface area contributed by atoms with Gasteiger partial charge in [0.05, 0.1) is 11.3 Å². The van der Waals surface area contributed by atoms with E-state index in [1.54, 1.807) is 6.07 Å². The quantitative estimate of drug-likeness (QED) is 0.860. The van der Waals surface area contributed by atoms with E-state index < -0.39 is 12.6 Å². The van der Waals surface area contributed by atoms with Crippen molar-refractivity contribution < 1.29 is 13.2 Å². The molecule has 0 aromatic heterocycles. The summed E-state index contributed by atoms with van der Waals surface area (Å²) in [6.45, 7) is 3.65. The first-order valence-corrected chi connectivity index (χ1v) is 6.16. The molecule has 0 aliphatic heterocycles. The third kappa shape index (κ3) is 5.21. The Kier molecular flexibility index (Phi) is 5.22. The zero-order valence-corrected chi connectivity index (χ0v) is 11.0. The lowest BCUT2D eigenvalue weighted by Gasteiger charge is -2.17. The highest BCUT2D eigenvalue weighted by Crippen LogP contribution is 2.24. The molecule has 0 bridgehead atoms. The van der Waals surface area contributed by atoms with Crippen molar-refractivity contribution in [3.05, 3.63) is 29.3 Å². The lowest BCUT2D eigenvalue weighted by atomic mass is 10.1. The van der Waals surface area contributed by atoms with Crippen molar-refractivity contribution in [2.75, 3.05) is 5.32 Å². The van der Waals surface area contributed by atoms with Crippen LogP contribution in [0, 0.1) is 18.3 Å². The minimum Gasteiger partial charge on any atom is -0.382 e. The van der Waals surface area contributed by atoms with Gasteiger partial charge in [0, 0.05) is 12.5 Å². The van der Waals surface area contributed by atoms with E-state index in [1.165, 1.54) is 0 Å². The van der Waals surface area contributed by atoms with Crippen molar-refractivity contribution in [3.63, 3.8) is 0 Å². The van der Waals surface area contributed by atoms with Crippen LogP contribution in [0.5, 0.6) is 0 Å². The van der Waals surface area contributed by atoms with E-state index in [0.29, 0.717) is 17.7 Å². The van der Waals surface area contributed by atoms with Gasteiger partial charge in [0.25, 0.3) is 0 Å². The van der Waals surface area contributed by atoms with Gasteiger partial charge < -0.3 is 5.32 Å². The van der Waals surface area contributed by atoms with Crippen LogP contribution in [0.2, 0.25) is 0 Å². The highest BCUT2D eigenvalue weighted by Gasteiger charge is 2.26. The maximum Gasteiger partial charge on any atom is 0.389 e. The van der Waals surface area contributed by atoms with E-state index in [9.17, 15) is 13.2 Å². The monoisotopic (exact) mass is 270 g/mol. The van der Waals surface area contributed by atoms with Gasteiger partial charge in [0.1, 0.15) is 6.07 Å². The van der Waals surface area contributed by atoms with Crippen LogP contribution >= 0.6 is 0 Å². The predicted octanol–water partition coefficient (Wildman–Crippen LogP) is 4.40. The zero-order chi connectivity index (χ0) is 14.5. The number of rotatable bonds is 5. The fourth-order valence-electron chi connectivity index (χ4n) is 1.88. The first-order chi connectivity index (χ1) is 8.83. The Morgan fingerprint density at radius 2 is 2.05 bits per heavy atom. The maximum atomic E-state index is 12.0. The van der Waals surface area contributed by atoms with Crippen LogP contribution in [-0.4, -0.2) is 12.2 Å². The number of anilines is 1. The predicted molar refractivity (Wildman–Crippen MR) is 68.9 cm³/mol. The first kappa shape index (κ1) is 15.4. The summed E-state index contributed by atoms with van der Waals surface area (Å²) in [5, 5.41) is 12.2. The van der Waals surface area contributed by atoms with Gasteiger partial charge in [-0.1, -0.05) is 12.1 Å². The Labute approximate surface area is 111 Å². The first-order valence-electron chi connectivity index (χ1n) is 6.16. The summed E-state index contributed by atoms with van der Waals surface area (Å²) in [5.74, 6) is 0. The van der Waals surface area contributed by atoms with Crippen molar-refractivity contribution >= 4 is 5.69 Å². The SMILES string of the molecule is Cc1cccc(NC(C)CCCC(F)(F)F)c1C#N. The molecule has 2 nitrogen and oxygen atoms in total. The minimum atomic E-state index is -4.10. The molecule has 104 valence electrons. The largest absolute Gasteiger partial charge is 0.389 e. The van der Waals surface area contributed by atoms with Crippen LogP contribution in [0.1, 0.15) is 37.3 Å². The highest BCUT2D eigenvalue weighted by molar-refractivity contribution is 5.60. The fraction of sp³-hybridized carbons (Fsp3) is 0.500. The standard InChI is InChI=1S/C14H17F3N2/c1-10-5-3-7-13(12(10)9-18)19-11(2)6-4-8-14(15,16)17/h3,5,7,11,19H,4,6,8H2,1-2H3. The Hall–Kier alpha value is -1.70. The molecule has 19 heavy (non-hydrogen) atoms. The molecule has 1 atom stereocenters. The molecule has 1 aromatic carbocycles. The number of halogens is 3. The van der Waals surface area contributed by atoms with Crippen molar-refractivity contribution in [1.29, 1.82) is 5.26 Å². The summed E-state index contributed by atoms with van der Waals surface area (Å²) in [4.78, 5) is 0. The van der Waals surface area contributed by atoms with E-state index in [1.807, 2.05) is 26.0 Å². The average Bonchev–Trinajstić information content (AvgIpc) is 2.27. The molecular formula is C14H17F3N2. The lowest BCUT2D eigenvalue weighted by Crippen LogP contribution is -2.17. The summed E-state index contributed by atoms with van der Waals surface area (Å²) >= 11 is 0. The van der Waals surface area contributed by atoms with Crippen molar-refractivity contribution in [3.8, 4) is 6.07 Å². The van der Waals surface area contributed by atoms with E-state index in [-0.39, 0.29) is 12.5 Å². The number of hydrogen-bond acceptors (Lipinski definition) is 2. The topological polar surface area (TPSA) is 35.8 Å². The molecule has 0 amide bonds. The van der Waals surface area contributed by atoms with E-state index in [0.717, 1.165) is 5.56 Å². The molecule has 0 fully saturated rings. The van der Waals surface area contributed by atoms with Gasteiger partial charge >= 0.3 is 6.18 Å². The summed E-state index contributed by atoms with van der Waals surface area (Å²) in [6, 6.07) is 7.43. The Morgan fingerprint density at radius 3 is 2.63 bits per heavy atom. The second-order valence-electron chi connectivity index (χ2n) is 4.66. The van der Waals surface area contributed by atoms with Crippen molar-refractivity contribution in [2.45, 2.75) is 45.3 Å².